The molecule has 6 heteroatoms. The van der Waals surface area contributed by atoms with Gasteiger partial charge in [0, 0.05) is 6.42 Å². The second kappa shape index (κ2) is 8.59. The van der Waals surface area contributed by atoms with Crippen LogP contribution in [0.1, 0.15) is 36.9 Å². The predicted molar refractivity (Wildman–Crippen MR) is 90.4 cm³/mol. The Morgan fingerprint density at radius 1 is 1.39 bits per heavy atom. The molecule has 0 bridgehead atoms. The van der Waals surface area contributed by atoms with E-state index in [1.54, 1.807) is 12.4 Å². The number of hydrogen-bond donors (Lipinski definition) is 1. The maximum Gasteiger partial charge on any atom is 0.221 e. The highest BCUT2D eigenvalue weighted by atomic mass is 16.5. The number of aromatic nitrogens is 2. The number of nitrogens with zero attached hydrogens (tertiary/aromatic N) is 4. The molecule has 0 atom stereocenters. The molecule has 0 radical (unpaired) electrons. The molecule has 0 saturated carbocycles. The second-order valence-electron chi connectivity index (χ2n) is 5.22. The fourth-order valence-corrected chi connectivity index (χ4v) is 2.08. The normalized spacial score (nSPS) is 10.8. The summed E-state index contributed by atoms with van der Waals surface area (Å²) >= 11 is 0. The molecular formula is C17H21N5O. The molecule has 0 unspecified atom stereocenters. The van der Waals surface area contributed by atoms with Crippen LogP contribution in [0.25, 0.3) is 0 Å². The fourth-order valence-electron chi connectivity index (χ4n) is 2.08. The van der Waals surface area contributed by atoms with Crippen molar-refractivity contribution >= 4 is 12.2 Å². The molecule has 0 saturated heterocycles. The SMILES string of the molecule is Cc1cn(N=Cc2cccc(OCCCCCC#N)c2)c(N)n1. The van der Waals surface area contributed by atoms with Crippen molar-refractivity contribution in [2.45, 2.75) is 32.6 Å². The summed E-state index contributed by atoms with van der Waals surface area (Å²) in [4.78, 5) is 4.09. The van der Waals surface area contributed by atoms with Gasteiger partial charge < -0.3 is 10.5 Å². The van der Waals surface area contributed by atoms with E-state index in [0.29, 0.717) is 19.0 Å². The maximum absolute atomic E-state index is 8.48. The van der Waals surface area contributed by atoms with Crippen LogP contribution < -0.4 is 10.5 Å². The average Bonchev–Trinajstić information content (AvgIpc) is 2.87. The van der Waals surface area contributed by atoms with E-state index in [-0.39, 0.29) is 0 Å². The fraction of sp³-hybridized carbons (Fsp3) is 0.353. The van der Waals surface area contributed by atoms with Crippen LogP contribution in [0, 0.1) is 18.3 Å². The van der Waals surface area contributed by atoms with E-state index >= 15 is 0 Å². The Morgan fingerprint density at radius 2 is 2.26 bits per heavy atom. The standard InChI is InChI=1S/C17H21N5O/c1-14-13-22(17(19)21-14)20-12-15-7-6-8-16(11-15)23-10-5-3-2-4-9-18/h6-8,11-13H,2-5,10H2,1H3,(H2,19,21). The minimum absolute atomic E-state index is 0.364. The third-order valence-corrected chi connectivity index (χ3v) is 3.23. The maximum atomic E-state index is 8.48. The van der Waals surface area contributed by atoms with Gasteiger partial charge in [-0.05, 0) is 43.9 Å². The number of nitrogen functional groups attached to an aromatic ring is 1. The smallest absolute Gasteiger partial charge is 0.221 e. The summed E-state index contributed by atoms with van der Waals surface area (Å²) in [6.45, 7) is 2.52. The van der Waals surface area contributed by atoms with Gasteiger partial charge in [-0.15, -0.1) is 0 Å². The molecule has 23 heavy (non-hydrogen) atoms. The zero-order valence-corrected chi connectivity index (χ0v) is 13.3. The van der Waals surface area contributed by atoms with E-state index in [1.807, 2.05) is 31.2 Å². The molecule has 0 amide bonds. The molecule has 0 aliphatic rings. The highest BCUT2D eigenvalue weighted by molar-refractivity contribution is 5.80. The van der Waals surface area contributed by atoms with Gasteiger partial charge in [-0.25, -0.2) is 9.66 Å². The van der Waals surface area contributed by atoms with E-state index < -0.39 is 0 Å². The molecule has 1 heterocycles. The minimum atomic E-state index is 0.364. The number of imidazole rings is 1. The van der Waals surface area contributed by atoms with Crippen LogP contribution in [-0.4, -0.2) is 22.5 Å². The average molecular weight is 311 g/mol. The van der Waals surface area contributed by atoms with Gasteiger partial charge in [-0.1, -0.05) is 12.1 Å². The first-order valence-corrected chi connectivity index (χ1v) is 7.64. The summed E-state index contributed by atoms with van der Waals surface area (Å²) in [6, 6.07) is 9.87. The van der Waals surface area contributed by atoms with E-state index in [4.69, 9.17) is 15.7 Å². The van der Waals surface area contributed by atoms with Crippen molar-refractivity contribution in [3.8, 4) is 11.8 Å². The zero-order valence-electron chi connectivity index (χ0n) is 13.3. The van der Waals surface area contributed by atoms with Crippen molar-refractivity contribution in [2.24, 2.45) is 5.10 Å². The van der Waals surface area contributed by atoms with Crippen molar-refractivity contribution in [2.75, 3.05) is 12.3 Å². The van der Waals surface area contributed by atoms with Crippen molar-refractivity contribution in [1.29, 1.82) is 5.26 Å². The number of anilines is 1. The lowest BCUT2D eigenvalue weighted by Crippen LogP contribution is -1.99. The molecule has 6 nitrogen and oxygen atoms in total. The Hall–Kier alpha value is -2.81. The Bertz CT molecular complexity index is 699. The number of nitrogens with two attached hydrogens (primary N) is 1. The van der Waals surface area contributed by atoms with Crippen LogP contribution in [0.5, 0.6) is 5.75 Å². The van der Waals surface area contributed by atoms with Gasteiger partial charge in [0.05, 0.1) is 30.8 Å². The van der Waals surface area contributed by atoms with Crippen molar-refractivity contribution < 1.29 is 4.74 Å². The van der Waals surface area contributed by atoms with E-state index in [2.05, 4.69) is 16.2 Å². The summed E-state index contributed by atoms with van der Waals surface area (Å²) in [5.74, 6) is 1.17. The van der Waals surface area contributed by atoms with Crippen LogP contribution >= 0.6 is 0 Å². The third-order valence-electron chi connectivity index (χ3n) is 3.23. The van der Waals surface area contributed by atoms with Crippen LogP contribution in [0.3, 0.4) is 0 Å². The lowest BCUT2D eigenvalue weighted by molar-refractivity contribution is 0.305. The van der Waals surface area contributed by atoms with Gasteiger partial charge in [0.1, 0.15) is 5.75 Å². The topological polar surface area (TPSA) is 89.2 Å². The van der Waals surface area contributed by atoms with Crippen molar-refractivity contribution in [3.05, 3.63) is 41.7 Å². The number of benzene rings is 1. The largest absolute Gasteiger partial charge is 0.494 e. The summed E-state index contributed by atoms with van der Waals surface area (Å²) < 4.78 is 7.26. The molecule has 0 aliphatic heterocycles. The number of nitriles is 1. The highest BCUT2D eigenvalue weighted by Crippen LogP contribution is 2.13. The first-order valence-electron chi connectivity index (χ1n) is 7.64. The summed E-state index contributed by atoms with van der Waals surface area (Å²) in [7, 11) is 0. The molecule has 0 aliphatic carbocycles. The highest BCUT2D eigenvalue weighted by Gasteiger charge is 1.99. The van der Waals surface area contributed by atoms with E-state index in [9.17, 15) is 0 Å². The van der Waals surface area contributed by atoms with Crippen LogP contribution in [-0.2, 0) is 0 Å². The number of ether oxygens (including phenoxy) is 1. The van der Waals surface area contributed by atoms with Gasteiger partial charge >= 0.3 is 0 Å². The number of unbranched alkanes of at least 4 members (excludes halogenated alkanes) is 3. The van der Waals surface area contributed by atoms with Gasteiger partial charge in [0.2, 0.25) is 5.95 Å². The van der Waals surface area contributed by atoms with Gasteiger partial charge in [-0.3, -0.25) is 0 Å². The van der Waals surface area contributed by atoms with E-state index in [1.165, 1.54) is 4.68 Å². The molecule has 0 fully saturated rings. The predicted octanol–water partition coefficient (Wildman–Crippen LogP) is 3.12. The Balaban J connectivity index is 1.87. The number of hydrogen-bond acceptors (Lipinski definition) is 5. The summed E-state index contributed by atoms with van der Waals surface area (Å²) in [5, 5.41) is 12.8. The Labute approximate surface area is 136 Å². The van der Waals surface area contributed by atoms with Crippen LogP contribution in [0.15, 0.2) is 35.6 Å². The zero-order chi connectivity index (χ0) is 16.5. The van der Waals surface area contributed by atoms with Crippen LogP contribution in [0.4, 0.5) is 5.95 Å². The third kappa shape index (κ3) is 5.47. The van der Waals surface area contributed by atoms with Gasteiger partial charge in [0.25, 0.3) is 0 Å². The molecule has 2 aromatic rings. The van der Waals surface area contributed by atoms with Crippen LogP contribution in [0.2, 0.25) is 0 Å². The van der Waals surface area contributed by atoms with Crippen molar-refractivity contribution in [3.63, 3.8) is 0 Å². The quantitative estimate of drug-likeness (QED) is 0.599. The molecule has 1 aromatic heterocycles. The molecule has 120 valence electrons. The molecule has 2 rings (SSSR count). The minimum Gasteiger partial charge on any atom is -0.494 e. The number of aryl methyl sites for hydroxylation is 1. The molecule has 0 spiro atoms. The van der Waals surface area contributed by atoms with E-state index in [0.717, 1.165) is 36.3 Å². The Morgan fingerprint density at radius 3 is 3.00 bits per heavy atom. The number of rotatable bonds is 8. The Kier molecular flexibility index (Phi) is 6.18. The first kappa shape index (κ1) is 16.6. The molecule has 1 aromatic carbocycles. The second-order valence-corrected chi connectivity index (χ2v) is 5.22. The summed E-state index contributed by atoms with van der Waals surface area (Å²) in [5.41, 5.74) is 7.50. The van der Waals surface area contributed by atoms with Gasteiger partial charge in [0.15, 0.2) is 0 Å². The summed E-state index contributed by atoms with van der Waals surface area (Å²) in [6.07, 6.45) is 6.99. The van der Waals surface area contributed by atoms with Gasteiger partial charge in [-0.2, -0.15) is 10.4 Å². The molecule has 2 N–H and O–H groups in total. The monoisotopic (exact) mass is 311 g/mol. The molecular weight excluding hydrogens is 290 g/mol. The lowest BCUT2D eigenvalue weighted by Gasteiger charge is -2.06. The lowest BCUT2D eigenvalue weighted by atomic mass is 10.2. The first-order chi connectivity index (χ1) is 11.2. The van der Waals surface area contributed by atoms with Crippen molar-refractivity contribution in [1.82, 2.24) is 9.66 Å².